The van der Waals surface area contributed by atoms with E-state index in [0.29, 0.717) is 25.0 Å². The van der Waals surface area contributed by atoms with Crippen molar-refractivity contribution in [3.05, 3.63) is 34.9 Å². The maximum absolute atomic E-state index is 13.1. The molecule has 1 unspecified atom stereocenters. The molecule has 7 nitrogen and oxygen atoms in total. The number of nitrogens with one attached hydrogen (secondary N) is 3. The number of piperidine rings is 3. The monoisotopic (exact) mass is 396 g/mol. The molecule has 1 aliphatic carbocycles. The number of carbonyl (C=O) groups is 3. The van der Waals surface area contributed by atoms with Crippen LogP contribution in [0.5, 0.6) is 0 Å². The van der Waals surface area contributed by atoms with Crippen LogP contribution in [0.1, 0.15) is 60.0 Å². The summed E-state index contributed by atoms with van der Waals surface area (Å²) in [5.74, 6) is 0.205. The van der Waals surface area contributed by atoms with Crippen molar-refractivity contribution in [2.24, 2.45) is 5.92 Å². The van der Waals surface area contributed by atoms with Crippen molar-refractivity contribution in [1.82, 2.24) is 20.9 Å². The van der Waals surface area contributed by atoms with Gasteiger partial charge in [0.1, 0.15) is 6.04 Å². The maximum atomic E-state index is 13.1. The second-order valence-corrected chi connectivity index (χ2v) is 9.05. The molecule has 3 amide bonds. The standard InChI is InChI=1S/C22H28N4O3/c27-18-5-4-17(20(28)25-18)26-13-16-3-1-2-15(19(16)21(26)29)12-23-9-7-22-10-14(11-22)6-8-24-22/h1-3,14,17,23-24H,4-13H2,(H,25,27,28). The predicted octanol–water partition coefficient (Wildman–Crippen LogP) is 1.07. The number of carbonyl (C=O) groups excluding carboxylic acids is 3. The molecule has 4 aliphatic heterocycles. The van der Waals surface area contributed by atoms with Gasteiger partial charge in [0.15, 0.2) is 0 Å². The third-order valence-corrected chi connectivity index (χ3v) is 7.15. The van der Waals surface area contributed by atoms with Crippen LogP contribution < -0.4 is 16.0 Å². The molecule has 6 rings (SSSR count). The van der Waals surface area contributed by atoms with Crippen LogP contribution in [0, 0.1) is 5.92 Å². The van der Waals surface area contributed by atoms with Crippen molar-refractivity contribution in [2.75, 3.05) is 13.1 Å². The van der Waals surface area contributed by atoms with Gasteiger partial charge in [0, 0.05) is 30.6 Å². The summed E-state index contributed by atoms with van der Waals surface area (Å²) in [6.07, 6.45) is 5.71. The van der Waals surface area contributed by atoms with Crippen molar-refractivity contribution < 1.29 is 14.4 Å². The highest BCUT2D eigenvalue weighted by Gasteiger charge is 2.46. The van der Waals surface area contributed by atoms with Crippen molar-refractivity contribution in [3.63, 3.8) is 0 Å². The van der Waals surface area contributed by atoms with Gasteiger partial charge in [-0.05, 0) is 62.2 Å². The zero-order chi connectivity index (χ0) is 20.0. The Bertz CT molecular complexity index is 856. The lowest BCUT2D eigenvalue weighted by Crippen LogP contribution is -2.61. The Labute approximate surface area is 170 Å². The minimum absolute atomic E-state index is 0.0960. The fourth-order valence-electron chi connectivity index (χ4n) is 5.62. The summed E-state index contributed by atoms with van der Waals surface area (Å²) < 4.78 is 0. The van der Waals surface area contributed by atoms with E-state index in [0.717, 1.165) is 42.1 Å². The normalized spacial score (nSPS) is 30.8. The summed E-state index contributed by atoms with van der Waals surface area (Å²) in [4.78, 5) is 38.4. The highest BCUT2D eigenvalue weighted by Crippen LogP contribution is 2.45. The molecule has 0 radical (unpaired) electrons. The molecule has 7 heteroatoms. The van der Waals surface area contributed by atoms with Crippen LogP contribution in [0.25, 0.3) is 0 Å². The summed E-state index contributed by atoms with van der Waals surface area (Å²) in [5, 5.41) is 9.58. The molecule has 0 aromatic heterocycles. The molecule has 1 aromatic rings. The molecular weight excluding hydrogens is 368 g/mol. The Balaban J connectivity index is 1.22. The Morgan fingerprint density at radius 3 is 2.79 bits per heavy atom. The molecule has 3 N–H and O–H groups in total. The molecule has 4 fully saturated rings. The minimum atomic E-state index is -0.559. The predicted molar refractivity (Wildman–Crippen MR) is 107 cm³/mol. The molecule has 1 aromatic carbocycles. The summed E-state index contributed by atoms with van der Waals surface area (Å²) in [7, 11) is 0. The fourth-order valence-corrected chi connectivity index (χ4v) is 5.62. The first kappa shape index (κ1) is 18.8. The first-order chi connectivity index (χ1) is 14.0. The third kappa shape index (κ3) is 3.36. The quantitative estimate of drug-likeness (QED) is 0.494. The van der Waals surface area contributed by atoms with Gasteiger partial charge >= 0.3 is 0 Å². The van der Waals surface area contributed by atoms with Gasteiger partial charge in [-0.2, -0.15) is 0 Å². The average molecular weight is 396 g/mol. The van der Waals surface area contributed by atoms with Gasteiger partial charge in [0.25, 0.3) is 5.91 Å². The van der Waals surface area contributed by atoms with Gasteiger partial charge in [-0.25, -0.2) is 0 Å². The molecule has 0 spiro atoms. The van der Waals surface area contributed by atoms with E-state index in [-0.39, 0.29) is 24.1 Å². The van der Waals surface area contributed by atoms with E-state index in [1.165, 1.54) is 19.3 Å². The number of benzene rings is 1. The Morgan fingerprint density at radius 2 is 2.03 bits per heavy atom. The Hall–Kier alpha value is -2.25. The van der Waals surface area contributed by atoms with Crippen molar-refractivity contribution in [3.8, 4) is 0 Å². The highest BCUT2D eigenvalue weighted by atomic mass is 16.2. The van der Waals surface area contributed by atoms with Gasteiger partial charge in [-0.1, -0.05) is 18.2 Å². The van der Waals surface area contributed by atoms with Crippen LogP contribution in [0.2, 0.25) is 0 Å². The van der Waals surface area contributed by atoms with E-state index >= 15 is 0 Å². The van der Waals surface area contributed by atoms with Gasteiger partial charge < -0.3 is 15.5 Å². The molecule has 1 atom stereocenters. The largest absolute Gasteiger partial charge is 0.322 e. The Morgan fingerprint density at radius 1 is 1.17 bits per heavy atom. The number of imide groups is 1. The number of nitrogens with zero attached hydrogens (tertiary/aromatic N) is 1. The van der Waals surface area contributed by atoms with E-state index < -0.39 is 6.04 Å². The highest BCUT2D eigenvalue weighted by molar-refractivity contribution is 6.05. The Kier molecular flexibility index (Phi) is 4.67. The second kappa shape index (κ2) is 7.22. The van der Waals surface area contributed by atoms with Crippen LogP contribution in [0.3, 0.4) is 0 Å². The van der Waals surface area contributed by atoms with E-state index in [9.17, 15) is 14.4 Å². The molecule has 29 heavy (non-hydrogen) atoms. The number of hydrogen-bond donors (Lipinski definition) is 3. The zero-order valence-corrected chi connectivity index (χ0v) is 16.6. The van der Waals surface area contributed by atoms with Crippen LogP contribution in [-0.2, 0) is 22.7 Å². The zero-order valence-electron chi connectivity index (χ0n) is 16.6. The van der Waals surface area contributed by atoms with Crippen molar-refractivity contribution in [1.29, 1.82) is 0 Å². The lowest BCUT2D eigenvalue weighted by Gasteiger charge is -2.53. The van der Waals surface area contributed by atoms with E-state index in [4.69, 9.17) is 0 Å². The van der Waals surface area contributed by atoms with E-state index in [2.05, 4.69) is 16.0 Å². The fraction of sp³-hybridized carbons (Fsp3) is 0.591. The summed E-state index contributed by atoms with van der Waals surface area (Å²) in [6, 6.07) is 5.38. The number of amides is 3. The van der Waals surface area contributed by atoms with E-state index in [1.807, 2.05) is 18.2 Å². The minimum Gasteiger partial charge on any atom is -0.322 e. The van der Waals surface area contributed by atoms with Crippen LogP contribution in [0.15, 0.2) is 18.2 Å². The topological polar surface area (TPSA) is 90.5 Å². The first-order valence-corrected chi connectivity index (χ1v) is 10.8. The van der Waals surface area contributed by atoms with Gasteiger partial charge in [-0.3, -0.25) is 19.7 Å². The van der Waals surface area contributed by atoms with Gasteiger partial charge in [-0.15, -0.1) is 0 Å². The SMILES string of the molecule is O=C1CCC(N2Cc3cccc(CNCCC45CC(CCN4)C5)c3C2=O)C(=O)N1. The number of rotatable bonds is 6. The summed E-state index contributed by atoms with van der Waals surface area (Å²) in [6.45, 7) is 3.15. The van der Waals surface area contributed by atoms with Crippen LogP contribution >= 0.6 is 0 Å². The number of fused-ring (bicyclic) bond motifs is 3. The van der Waals surface area contributed by atoms with Crippen molar-refractivity contribution >= 4 is 17.7 Å². The average Bonchev–Trinajstić information content (AvgIpc) is 3.02. The summed E-state index contributed by atoms with van der Waals surface area (Å²) >= 11 is 0. The molecule has 1 saturated carbocycles. The van der Waals surface area contributed by atoms with Crippen LogP contribution in [-0.4, -0.2) is 47.3 Å². The molecule has 2 bridgehead atoms. The van der Waals surface area contributed by atoms with E-state index in [1.54, 1.807) is 4.90 Å². The lowest BCUT2D eigenvalue weighted by atomic mass is 9.62. The number of hydrogen-bond acceptors (Lipinski definition) is 5. The van der Waals surface area contributed by atoms with Gasteiger partial charge in [0.05, 0.1) is 0 Å². The molecule has 5 aliphatic rings. The van der Waals surface area contributed by atoms with Crippen molar-refractivity contribution in [2.45, 2.75) is 63.2 Å². The summed E-state index contributed by atoms with van der Waals surface area (Å²) in [5.41, 5.74) is 3.02. The third-order valence-electron chi connectivity index (χ3n) is 7.15. The lowest BCUT2D eigenvalue weighted by molar-refractivity contribution is -0.136. The molecule has 3 saturated heterocycles. The molecule has 4 heterocycles. The first-order valence-electron chi connectivity index (χ1n) is 10.8. The maximum Gasteiger partial charge on any atom is 0.255 e. The van der Waals surface area contributed by atoms with Gasteiger partial charge in [0.2, 0.25) is 11.8 Å². The van der Waals surface area contributed by atoms with Crippen LogP contribution in [0.4, 0.5) is 0 Å². The molecule has 154 valence electrons. The smallest absolute Gasteiger partial charge is 0.255 e. The second-order valence-electron chi connectivity index (χ2n) is 9.05. The molecular formula is C22H28N4O3.